The highest BCUT2D eigenvalue weighted by atomic mass is 16.5. The van der Waals surface area contributed by atoms with Crippen molar-refractivity contribution in [2.45, 2.75) is 39.5 Å². The fraction of sp³-hybridized carbons (Fsp3) is 0.800. The van der Waals surface area contributed by atoms with E-state index in [4.69, 9.17) is 0 Å². The van der Waals surface area contributed by atoms with Crippen LogP contribution in [0.5, 0.6) is 0 Å². The van der Waals surface area contributed by atoms with Crippen LogP contribution in [0.25, 0.3) is 0 Å². The van der Waals surface area contributed by atoms with Crippen molar-refractivity contribution in [1.82, 2.24) is 0 Å². The molecule has 1 aliphatic carbocycles. The first kappa shape index (κ1) is 12.1. The zero-order chi connectivity index (χ0) is 10.1. The molecule has 3 nitrogen and oxygen atoms in total. The fourth-order valence-electron chi connectivity index (χ4n) is 1.17. The Bertz CT molecular complexity index is 150. The quantitative estimate of drug-likeness (QED) is 0.630. The normalized spacial score (nSPS) is 14.9. The second-order valence-corrected chi connectivity index (χ2v) is 3.25. The lowest BCUT2D eigenvalue weighted by Crippen LogP contribution is -2.13. The average molecular weight is 186 g/mol. The predicted molar refractivity (Wildman–Crippen MR) is 50.3 cm³/mol. The van der Waals surface area contributed by atoms with Gasteiger partial charge in [0.25, 0.3) is 6.47 Å². The summed E-state index contributed by atoms with van der Waals surface area (Å²) < 4.78 is 4.15. The van der Waals surface area contributed by atoms with Crippen LogP contribution in [0.4, 0.5) is 0 Å². The van der Waals surface area contributed by atoms with Crippen LogP contribution < -0.4 is 0 Å². The first-order valence-corrected chi connectivity index (χ1v) is 4.75. The van der Waals surface area contributed by atoms with Gasteiger partial charge in [0.05, 0.1) is 6.61 Å². The summed E-state index contributed by atoms with van der Waals surface area (Å²) in [5.74, 6) is 1.11. The van der Waals surface area contributed by atoms with Crippen LogP contribution in [0.15, 0.2) is 0 Å². The van der Waals surface area contributed by atoms with E-state index in [1.165, 1.54) is 19.3 Å². The van der Waals surface area contributed by atoms with Crippen molar-refractivity contribution in [2.75, 3.05) is 6.61 Å². The summed E-state index contributed by atoms with van der Waals surface area (Å²) in [7, 11) is 0. The SMILES string of the molecule is CC(=O)CC1CCC1.CCOC=O. The van der Waals surface area contributed by atoms with Gasteiger partial charge in [-0.15, -0.1) is 0 Å². The molecule has 0 amide bonds. The summed E-state index contributed by atoms with van der Waals surface area (Å²) in [4.78, 5) is 19.6. The topological polar surface area (TPSA) is 43.4 Å². The summed E-state index contributed by atoms with van der Waals surface area (Å²) in [6, 6.07) is 0. The van der Waals surface area contributed by atoms with E-state index in [0.717, 1.165) is 12.3 Å². The predicted octanol–water partition coefficient (Wildman–Crippen LogP) is 1.94. The van der Waals surface area contributed by atoms with Crippen molar-refractivity contribution >= 4 is 12.3 Å². The maximum atomic E-state index is 10.4. The Hall–Kier alpha value is -0.860. The molecule has 1 rings (SSSR count). The zero-order valence-corrected chi connectivity index (χ0v) is 8.41. The number of rotatable bonds is 4. The monoisotopic (exact) mass is 186 g/mol. The minimum Gasteiger partial charge on any atom is -0.468 e. The molecule has 0 spiro atoms. The van der Waals surface area contributed by atoms with Crippen molar-refractivity contribution in [3.8, 4) is 0 Å². The highest BCUT2D eigenvalue weighted by molar-refractivity contribution is 5.75. The summed E-state index contributed by atoms with van der Waals surface area (Å²) in [6.45, 7) is 4.34. The highest BCUT2D eigenvalue weighted by Gasteiger charge is 2.18. The molecule has 1 saturated carbocycles. The molecule has 0 unspecified atom stereocenters. The van der Waals surface area contributed by atoms with Crippen molar-refractivity contribution < 1.29 is 14.3 Å². The van der Waals surface area contributed by atoms with Crippen LogP contribution in [-0.2, 0) is 14.3 Å². The molecule has 0 radical (unpaired) electrons. The molecule has 0 aromatic heterocycles. The van der Waals surface area contributed by atoms with Crippen molar-refractivity contribution in [2.24, 2.45) is 5.92 Å². The Balaban J connectivity index is 0.000000252. The molecule has 0 heterocycles. The van der Waals surface area contributed by atoms with E-state index < -0.39 is 0 Å². The van der Waals surface area contributed by atoms with E-state index in [1.807, 2.05) is 0 Å². The minimum atomic E-state index is 0.356. The van der Waals surface area contributed by atoms with E-state index >= 15 is 0 Å². The summed E-state index contributed by atoms with van der Waals surface area (Å²) in [6.07, 6.45) is 4.76. The zero-order valence-electron chi connectivity index (χ0n) is 8.41. The van der Waals surface area contributed by atoms with Crippen LogP contribution in [0.3, 0.4) is 0 Å². The van der Waals surface area contributed by atoms with Crippen LogP contribution >= 0.6 is 0 Å². The number of Topliss-reactive ketones (excluding diaryl/α,β-unsaturated/α-hetero) is 1. The van der Waals surface area contributed by atoms with Gasteiger partial charge in [-0.25, -0.2) is 0 Å². The number of hydrogen-bond acceptors (Lipinski definition) is 3. The molecule has 13 heavy (non-hydrogen) atoms. The Kier molecular flexibility index (Phi) is 7.26. The largest absolute Gasteiger partial charge is 0.468 e. The first-order valence-electron chi connectivity index (χ1n) is 4.75. The summed E-state index contributed by atoms with van der Waals surface area (Å²) in [5, 5.41) is 0. The molecule has 1 aliphatic rings. The lowest BCUT2D eigenvalue weighted by molar-refractivity contribution is -0.128. The van der Waals surface area contributed by atoms with Crippen LogP contribution in [0, 0.1) is 5.92 Å². The molecular weight excluding hydrogens is 168 g/mol. The van der Waals surface area contributed by atoms with Crippen molar-refractivity contribution in [3.05, 3.63) is 0 Å². The maximum absolute atomic E-state index is 10.4. The van der Waals surface area contributed by atoms with E-state index in [2.05, 4.69) is 4.74 Å². The van der Waals surface area contributed by atoms with Gasteiger partial charge < -0.3 is 9.53 Å². The number of hydrogen-bond donors (Lipinski definition) is 0. The van der Waals surface area contributed by atoms with E-state index in [-0.39, 0.29) is 0 Å². The lowest BCUT2D eigenvalue weighted by Gasteiger charge is -2.23. The first-order chi connectivity index (χ1) is 6.20. The summed E-state index contributed by atoms with van der Waals surface area (Å²) >= 11 is 0. The third kappa shape index (κ3) is 7.50. The van der Waals surface area contributed by atoms with Gasteiger partial charge >= 0.3 is 0 Å². The van der Waals surface area contributed by atoms with Gasteiger partial charge in [0.15, 0.2) is 0 Å². The molecule has 3 heteroatoms. The molecule has 0 bridgehead atoms. The fourth-order valence-corrected chi connectivity index (χ4v) is 1.17. The Labute approximate surface area is 79.5 Å². The molecule has 76 valence electrons. The molecule has 1 fully saturated rings. The van der Waals surface area contributed by atoms with E-state index in [0.29, 0.717) is 18.9 Å². The lowest BCUT2D eigenvalue weighted by atomic mass is 9.82. The molecular formula is C10H18O3. The standard InChI is InChI=1S/C7H12O.C3H6O2/c1-6(8)5-7-3-2-4-7;1-2-5-3-4/h7H,2-5H2,1H3;3H,2H2,1H3. The molecule has 0 saturated heterocycles. The van der Waals surface area contributed by atoms with Gasteiger partial charge in [-0.2, -0.15) is 0 Å². The van der Waals surface area contributed by atoms with Crippen LogP contribution in [-0.4, -0.2) is 18.9 Å². The molecule has 0 atom stereocenters. The Morgan fingerprint density at radius 2 is 2.15 bits per heavy atom. The van der Waals surface area contributed by atoms with Crippen LogP contribution in [0.2, 0.25) is 0 Å². The molecule has 0 aliphatic heterocycles. The van der Waals surface area contributed by atoms with Gasteiger partial charge in [-0.3, -0.25) is 4.79 Å². The third-order valence-electron chi connectivity index (χ3n) is 2.04. The number of ether oxygens (including phenoxy) is 1. The number of carbonyl (C=O) groups excluding carboxylic acids is 2. The van der Waals surface area contributed by atoms with Crippen molar-refractivity contribution in [3.63, 3.8) is 0 Å². The Morgan fingerprint density at radius 1 is 1.54 bits per heavy atom. The van der Waals surface area contributed by atoms with Gasteiger partial charge in [0.1, 0.15) is 5.78 Å². The number of ketones is 1. The minimum absolute atomic E-state index is 0.356. The van der Waals surface area contributed by atoms with Gasteiger partial charge in [-0.1, -0.05) is 19.3 Å². The van der Waals surface area contributed by atoms with Gasteiger partial charge in [0.2, 0.25) is 0 Å². The van der Waals surface area contributed by atoms with Gasteiger partial charge in [-0.05, 0) is 19.8 Å². The third-order valence-corrected chi connectivity index (χ3v) is 2.04. The second-order valence-electron chi connectivity index (χ2n) is 3.25. The number of carbonyl (C=O) groups is 2. The highest BCUT2D eigenvalue weighted by Crippen LogP contribution is 2.29. The second kappa shape index (κ2) is 7.77. The molecule has 0 N–H and O–H groups in total. The smallest absolute Gasteiger partial charge is 0.293 e. The van der Waals surface area contributed by atoms with E-state index in [9.17, 15) is 9.59 Å². The summed E-state index contributed by atoms with van der Waals surface area (Å²) in [5.41, 5.74) is 0. The van der Waals surface area contributed by atoms with E-state index in [1.54, 1.807) is 13.8 Å². The average Bonchev–Trinajstić information content (AvgIpc) is 2.00. The Morgan fingerprint density at radius 3 is 2.23 bits per heavy atom. The maximum Gasteiger partial charge on any atom is 0.293 e. The van der Waals surface area contributed by atoms with Crippen molar-refractivity contribution in [1.29, 1.82) is 0 Å². The van der Waals surface area contributed by atoms with Gasteiger partial charge in [0, 0.05) is 6.42 Å². The molecule has 0 aromatic rings. The molecule has 0 aromatic carbocycles. The van der Waals surface area contributed by atoms with Crippen LogP contribution in [0.1, 0.15) is 39.5 Å².